The third kappa shape index (κ3) is 2.86. The minimum Gasteiger partial charge on any atom is -0.372 e. The molecule has 2 rings (SSSR count). The van der Waals surface area contributed by atoms with Gasteiger partial charge in [-0.15, -0.1) is 0 Å². The number of aromatic nitrogens is 2. The van der Waals surface area contributed by atoms with E-state index in [4.69, 9.17) is 0 Å². The van der Waals surface area contributed by atoms with E-state index in [9.17, 15) is 14.9 Å². The van der Waals surface area contributed by atoms with Gasteiger partial charge in [0.15, 0.2) is 5.52 Å². The van der Waals surface area contributed by atoms with Crippen LogP contribution in [0.1, 0.15) is 6.42 Å². The van der Waals surface area contributed by atoms with Gasteiger partial charge in [0.1, 0.15) is 5.78 Å². The number of carbonyl (C=O) groups excluding carboxylic acids is 1. The summed E-state index contributed by atoms with van der Waals surface area (Å²) in [5.41, 5.74) is 0.929. The average Bonchev–Trinajstić information content (AvgIpc) is 2.92. The predicted molar refractivity (Wildman–Crippen MR) is 80.2 cm³/mol. The molecular formula is C11H11IN4O4. The number of rotatable bonds is 6. The SMILES string of the molecule is CN(CCC(=O)CI)c1ccc([N+](=O)[O-])c2nonc12. The van der Waals surface area contributed by atoms with Crippen LogP contribution in [0.2, 0.25) is 0 Å². The van der Waals surface area contributed by atoms with Crippen molar-refractivity contribution in [1.82, 2.24) is 10.3 Å². The minimum atomic E-state index is -0.532. The van der Waals surface area contributed by atoms with Crippen molar-refractivity contribution < 1.29 is 14.3 Å². The normalized spacial score (nSPS) is 10.7. The van der Waals surface area contributed by atoms with Crippen LogP contribution < -0.4 is 4.90 Å². The molecule has 9 heteroatoms. The van der Waals surface area contributed by atoms with Crippen LogP contribution in [-0.4, -0.2) is 39.0 Å². The Morgan fingerprint density at radius 3 is 2.80 bits per heavy atom. The highest BCUT2D eigenvalue weighted by Gasteiger charge is 2.21. The monoisotopic (exact) mass is 390 g/mol. The lowest BCUT2D eigenvalue weighted by molar-refractivity contribution is -0.383. The van der Waals surface area contributed by atoms with E-state index in [2.05, 4.69) is 14.9 Å². The van der Waals surface area contributed by atoms with Gasteiger partial charge in [0, 0.05) is 26.1 Å². The van der Waals surface area contributed by atoms with Crippen molar-refractivity contribution in [1.29, 1.82) is 0 Å². The van der Waals surface area contributed by atoms with E-state index in [1.807, 2.05) is 22.6 Å². The summed E-state index contributed by atoms with van der Waals surface area (Å²) in [6.07, 6.45) is 0.406. The zero-order valence-corrected chi connectivity index (χ0v) is 12.7. The van der Waals surface area contributed by atoms with Gasteiger partial charge in [-0.3, -0.25) is 14.9 Å². The van der Waals surface area contributed by atoms with Gasteiger partial charge in [-0.2, -0.15) is 0 Å². The Kier molecular flexibility index (Phi) is 4.47. The van der Waals surface area contributed by atoms with Crippen LogP contribution in [0.5, 0.6) is 0 Å². The van der Waals surface area contributed by atoms with Gasteiger partial charge in [-0.05, 0) is 16.4 Å². The van der Waals surface area contributed by atoms with E-state index in [1.165, 1.54) is 6.07 Å². The second-order valence-corrected chi connectivity index (χ2v) is 4.93. The van der Waals surface area contributed by atoms with Gasteiger partial charge in [-0.1, -0.05) is 22.6 Å². The molecule has 1 heterocycles. The van der Waals surface area contributed by atoms with Gasteiger partial charge in [0.05, 0.1) is 15.0 Å². The number of fused-ring (bicyclic) bond motifs is 1. The smallest absolute Gasteiger partial charge is 0.300 e. The quantitative estimate of drug-likeness (QED) is 0.322. The lowest BCUT2D eigenvalue weighted by Gasteiger charge is -2.18. The molecular weight excluding hydrogens is 379 g/mol. The van der Waals surface area contributed by atoms with Crippen molar-refractivity contribution >= 4 is 50.8 Å². The third-order valence-corrected chi connectivity index (χ3v) is 3.71. The number of nitro benzene ring substituents is 1. The second kappa shape index (κ2) is 6.11. The molecule has 0 aliphatic carbocycles. The molecule has 0 atom stereocenters. The van der Waals surface area contributed by atoms with Crippen molar-refractivity contribution in [3.05, 3.63) is 22.2 Å². The van der Waals surface area contributed by atoms with Crippen LogP contribution >= 0.6 is 22.6 Å². The van der Waals surface area contributed by atoms with Crippen molar-refractivity contribution in [2.45, 2.75) is 6.42 Å². The largest absolute Gasteiger partial charge is 0.372 e. The summed E-state index contributed by atoms with van der Waals surface area (Å²) in [5.74, 6) is 0.147. The fourth-order valence-electron chi connectivity index (χ4n) is 1.78. The molecule has 8 nitrogen and oxygen atoms in total. The Bertz CT molecular complexity index is 657. The van der Waals surface area contributed by atoms with Crippen molar-refractivity contribution in [2.24, 2.45) is 0 Å². The predicted octanol–water partition coefficient (Wildman–Crippen LogP) is 1.96. The molecule has 0 N–H and O–H groups in total. The molecule has 0 radical (unpaired) electrons. The van der Waals surface area contributed by atoms with Crippen LogP contribution in [0.15, 0.2) is 16.8 Å². The molecule has 0 saturated heterocycles. The number of halogens is 1. The number of nitrogens with zero attached hydrogens (tertiary/aromatic N) is 4. The first kappa shape index (κ1) is 14.6. The molecule has 0 amide bonds. The Hall–Kier alpha value is -1.78. The van der Waals surface area contributed by atoms with Crippen LogP contribution in [0.25, 0.3) is 11.0 Å². The fraction of sp³-hybridized carbons (Fsp3) is 0.364. The van der Waals surface area contributed by atoms with E-state index >= 15 is 0 Å². The van der Waals surface area contributed by atoms with Gasteiger partial charge in [0.2, 0.25) is 5.52 Å². The number of hydrogen-bond acceptors (Lipinski definition) is 7. The summed E-state index contributed by atoms with van der Waals surface area (Å²) in [6.45, 7) is 0.502. The topological polar surface area (TPSA) is 102 Å². The molecule has 106 valence electrons. The van der Waals surface area contributed by atoms with Crippen LogP contribution in [-0.2, 0) is 4.79 Å². The molecule has 1 aromatic carbocycles. The lowest BCUT2D eigenvalue weighted by atomic mass is 10.2. The molecule has 20 heavy (non-hydrogen) atoms. The molecule has 0 aliphatic rings. The average molecular weight is 390 g/mol. The summed E-state index contributed by atoms with van der Waals surface area (Å²) in [7, 11) is 1.79. The highest BCUT2D eigenvalue weighted by atomic mass is 127. The van der Waals surface area contributed by atoms with Crippen LogP contribution in [0, 0.1) is 10.1 Å². The van der Waals surface area contributed by atoms with E-state index in [1.54, 1.807) is 18.0 Å². The number of Topliss-reactive ketones (excluding diaryl/α,β-unsaturated/α-hetero) is 1. The maximum atomic E-state index is 11.3. The van der Waals surface area contributed by atoms with E-state index in [0.717, 1.165) is 0 Å². The number of carbonyl (C=O) groups is 1. The zero-order valence-electron chi connectivity index (χ0n) is 10.6. The maximum Gasteiger partial charge on any atom is 0.300 e. The second-order valence-electron chi connectivity index (χ2n) is 4.17. The molecule has 0 bridgehead atoms. The minimum absolute atomic E-state index is 0.111. The number of non-ortho nitro benzene ring substituents is 1. The first-order valence-electron chi connectivity index (χ1n) is 5.73. The Morgan fingerprint density at radius 1 is 1.45 bits per heavy atom. The fourth-order valence-corrected chi connectivity index (χ4v) is 2.16. The number of anilines is 1. The molecule has 2 aromatic rings. The number of alkyl halides is 1. The zero-order chi connectivity index (χ0) is 14.7. The third-order valence-electron chi connectivity index (χ3n) is 2.86. The molecule has 1 aromatic heterocycles. The van der Waals surface area contributed by atoms with E-state index < -0.39 is 4.92 Å². The highest BCUT2D eigenvalue weighted by molar-refractivity contribution is 14.1. The highest BCUT2D eigenvalue weighted by Crippen LogP contribution is 2.30. The van der Waals surface area contributed by atoms with Crippen LogP contribution in [0.4, 0.5) is 11.4 Å². The number of ketones is 1. The van der Waals surface area contributed by atoms with Crippen molar-refractivity contribution in [2.75, 3.05) is 22.9 Å². The van der Waals surface area contributed by atoms with E-state index in [-0.39, 0.29) is 17.0 Å². The summed E-state index contributed by atoms with van der Waals surface area (Å²) >= 11 is 2.02. The van der Waals surface area contributed by atoms with Gasteiger partial charge in [0.25, 0.3) is 0 Å². The summed E-state index contributed by atoms with van der Waals surface area (Å²) in [5, 5.41) is 18.2. The Labute approximate surface area is 127 Å². The van der Waals surface area contributed by atoms with E-state index in [0.29, 0.717) is 28.6 Å². The standard InChI is InChI=1S/C11H11IN4O4/c1-15(5-4-7(17)6-12)8-2-3-9(16(18)19)11-10(8)13-20-14-11/h2-3H,4-6H2,1H3. The Balaban J connectivity index is 2.31. The Morgan fingerprint density at radius 2 is 2.15 bits per heavy atom. The molecule has 0 fully saturated rings. The summed E-state index contributed by atoms with van der Waals surface area (Å²) in [4.78, 5) is 23.5. The molecule has 0 spiro atoms. The van der Waals surface area contributed by atoms with Gasteiger partial charge in [-0.25, -0.2) is 4.63 Å². The van der Waals surface area contributed by atoms with Gasteiger partial charge >= 0.3 is 5.69 Å². The summed E-state index contributed by atoms with van der Waals surface area (Å²) < 4.78 is 5.06. The number of benzene rings is 1. The maximum absolute atomic E-state index is 11.3. The first-order valence-corrected chi connectivity index (χ1v) is 7.25. The lowest BCUT2D eigenvalue weighted by Crippen LogP contribution is -2.21. The summed E-state index contributed by atoms with van der Waals surface area (Å²) in [6, 6.07) is 2.94. The number of nitro groups is 1. The van der Waals surface area contributed by atoms with Crippen LogP contribution in [0.3, 0.4) is 0 Å². The molecule has 0 saturated carbocycles. The van der Waals surface area contributed by atoms with Crippen molar-refractivity contribution in [3.8, 4) is 0 Å². The number of hydrogen-bond donors (Lipinski definition) is 0. The van der Waals surface area contributed by atoms with Crippen molar-refractivity contribution in [3.63, 3.8) is 0 Å². The molecule has 0 aliphatic heterocycles. The van der Waals surface area contributed by atoms with Gasteiger partial charge < -0.3 is 4.90 Å². The first-order chi connectivity index (χ1) is 9.54. The molecule has 0 unspecified atom stereocenters.